The van der Waals surface area contributed by atoms with Crippen LogP contribution in [0.4, 0.5) is 0 Å². The molecule has 35 heavy (non-hydrogen) atoms. The summed E-state index contributed by atoms with van der Waals surface area (Å²) in [6, 6.07) is 24.6. The van der Waals surface area contributed by atoms with Crippen LogP contribution in [0.1, 0.15) is 50.9 Å². The minimum atomic E-state index is -0.0174. The molecule has 1 amide bonds. The molecule has 0 saturated carbocycles. The lowest BCUT2D eigenvalue weighted by molar-refractivity contribution is -0.0169. The number of carbonyl (C=O) groups excluding carboxylic acids is 1. The Morgan fingerprint density at radius 2 is 1.60 bits per heavy atom. The van der Waals surface area contributed by atoms with Crippen LogP contribution in [0.25, 0.3) is 33.3 Å². The Kier molecular flexibility index (Phi) is 5.76. The summed E-state index contributed by atoms with van der Waals surface area (Å²) in [5.41, 5.74) is 4.68. The van der Waals surface area contributed by atoms with Crippen LogP contribution in [0.5, 0.6) is 0 Å². The molecule has 1 aromatic heterocycles. The largest absolute Gasteiger partial charge is 0.349 e. The van der Waals surface area contributed by atoms with E-state index in [-0.39, 0.29) is 23.0 Å². The van der Waals surface area contributed by atoms with Gasteiger partial charge < -0.3 is 5.32 Å². The molecule has 180 valence electrons. The number of benzene rings is 3. The first-order valence-corrected chi connectivity index (χ1v) is 12.3. The number of carbonyl (C=O) groups is 1. The van der Waals surface area contributed by atoms with Crippen LogP contribution < -0.4 is 5.32 Å². The maximum Gasteiger partial charge on any atom is 0.251 e. The van der Waals surface area contributed by atoms with Crippen molar-refractivity contribution in [3.8, 4) is 22.5 Å². The monoisotopic (exact) mass is 466 g/mol. The van der Waals surface area contributed by atoms with Crippen LogP contribution >= 0.6 is 0 Å². The second-order valence-electron chi connectivity index (χ2n) is 11.0. The van der Waals surface area contributed by atoms with Crippen molar-refractivity contribution >= 4 is 16.7 Å². The molecule has 4 aromatic rings. The van der Waals surface area contributed by atoms with E-state index in [0.717, 1.165) is 35.4 Å². The second-order valence-corrected chi connectivity index (χ2v) is 11.0. The van der Waals surface area contributed by atoms with Gasteiger partial charge in [-0.2, -0.15) is 5.10 Å². The summed E-state index contributed by atoms with van der Waals surface area (Å²) >= 11 is 0. The number of H-pyrrole nitrogens is 1. The van der Waals surface area contributed by atoms with Crippen molar-refractivity contribution in [1.29, 1.82) is 0 Å². The molecule has 0 atom stereocenters. The van der Waals surface area contributed by atoms with Crippen molar-refractivity contribution in [3.63, 3.8) is 0 Å². The van der Waals surface area contributed by atoms with Crippen molar-refractivity contribution < 1.29 is 4.79 Å². The van der Waals surface area contributed by atoms with Gasteiger partial charge in [0.15, 0.2) is 0 Å². The third kappa shape index (κ3) is 4.48. The van der Waals surface area contributed by atoms with Gasteiger partial charge in [-0.3, -0.25) is 14.8 Å². The fourth-order valence-corrected chi connectivity index (χ4v) is 5.60. The standard InChI is InChI=1S/C30H34N4O/c1-29(2)18-23(19-30(3,4)34(29)5)31-28(35)22-15-13-21(14-16-22)26-17-27(33-32-26)25-12-8-10-20-9-6-7-11-24(20)25/h6-17,23H,18-19H2,1-5H3,(H,31,35)(H,32,33). The predicted molar refractivity (Wildman–Crippen MR) is 143 cm³/mol. The lowest BCUT2D eigenvalue weighted by Gasteiger charge is -2.53. The molecule has 2 heterocycles. The first kappa shape index (κ1) is 23.3. The number of nitrogens with zero attached hydrogens (tertiary/aromatic N) is 2. The Hall–Kier alpha value is -3.44. The SMILES string of the molecule is CN1C(C)(C)CC(NC(=O)c2ccc(-c3cc(-c4cccc5ccccc45)[nH]n3)cc2)CC1(C)C. The average Bonchev–Trinajstić information content (AvgIpc) is 3.32. The molecule has 5 nitrogen and oxygen atoms in total. The highest BCUT2D eigenvalue weighted by Gasteiger charge is 2.43. The maximum atomic E-state index is 13.0. The molecule has 0 spiro atoms. The van der Waals surface area contributed by atoms with E-state index in [9.17, 15) is 4.79 Å². The molecule has 1 aliphatic heterocycles. The molecular weight excluding hydrogens is 432 g/mol. The van der Waals surface area contributed by atoms with E-state index < -0.39 is 0 Å². The molecular formula is C30H34N4O. The topological polar surface area (TPSA) is 61.0 Å². The zero-order chi connectivity index (χ0) is 24.8. The van der Waals surface area contributed by atoms with Crippen molar-refractivity contribution in [2.75, 3.05) is 7.05 Å². The van der Waals surface area contributed by atoms with Gasteiger partial charge in [-0.05, 0) is 76.6 Å². The fraction of sp³-hybridized carbons (Fsp3) is 0.333. The highest BCUT2D eigenvalue weighted by Crippen LogP contribution is 2.37. The number of fused-ring (bicyclic) bond motifs is 1. The number of rotatable bonds is 4. The van der Waals surface area contributed by atoms with Crippen LogP contribution in [0, 0.1) is 0 Å². The number of hydrogen-bond donors (Lipinski definition) is 2. The number of likely N-dealkylation sites (tertiary alicyclic amines) is 1. The molecule has 0 bridgehead atoms. The van der Waals surface area contributed by atoms with Crippen LogP contribution in [-0.2, 0) is 0 Å². The van der Waals surface area contributed by atoms with Gasteiger partial charge in [-0.25, -0.2) is 0 Å². The Morgan fingerprint density at radius 1 is 0.943 bits per heavy atom. The predicted octanol–water partition coefficient (Wildman–Crippen LogP) is 6.28. The summed E-state index contributed by atoms with van der Waals surface area (Å²) in [6.45, 7) is 8.99. The molecule has 0 aliphatic carbocycles. The first-order chi connectivity index (χ1) is 16.6. The van der Waals surface area contributed by atoms with E-state index in [1.807, 2.05) is 24.3 Å². The molecule has 0 radical (unpaired) electrons. The summed E-state index contributed by atoms with van der Waals surface area (Å²) in [6.07, 6.45) is 1.86. The molecule has 2 N–H and O–H groups in total. The van der Waals surface area contributed by atoms with Gasteiger partial charge in [0, 0.05) is 33.8 Å². The molecule has 5 rings (SSSR count). The Bertz CT molecular complexity index is 1340. The van der Waals surface area contributed by atoms with E-state index in [1.165, 1.54) is 10.8 Å². The lowest BCUT2D eigenvalue weighted by Crippen LogP contribution is -2.62. The summed E-state index contributed by atoms with van der Waals surface area (Å²) in [7, 11) is 2.18. The summed E-state index contributed by atoms with van der Waals surface area (Å²) in [5.74, 6) is -0.0174. The Balaban J connectivity index is 1.32. The summed E-state index contributed by atoms with van der Waals surface area (Å²) in [5, 5.41) is 13.4. The fourth-order valence-electron chi connectivity index (χ4n) is 5.60. The zero-order valence-corrected chi connectivity index (χ0v) is 21.2. The van der Waals surface area contributed by atoms with E-state index in [4.69, 9.17) is 0 Å². The quantitative estimate of drug-likeness (QED) is 0.372. The van der Waals surface area contributed by atoms with Crippen LogP contribution in [0.2, 0.25) is 0 Å². The summed E-state index contributed by atoms with van der Waals surface area (Å²) < 4.78 is 0. The second kappa shape index (κ2) is 8.65. The Labute approximate surface area is 207 Å². The minimum absolute atomic E-state index is 0.0174. The van der Waals surface area contributed by atoms with E-state index in [2.05, 4.69) is 104 Å². The minimum Gasteiger partial charge on any atom is -0.349 e. The van der Waals surface area contributed by atoms with Gasteiger partial charge >= 0.3 is 0 Å². The number of hydrogen-bond acceptors (Lipinski definition) is 3. The third-order valence-corrected chi connectivity index (χ3v) is 7.74. The van der Waals surface area contributed by atoms with Crippen molar-refractivity contribution in [2.24, 2.45) is 0 Å². The number of amides is 1. The van der Waals surface area contributed by atoms with Crippen LogP contribution in [0.15, 0.2) is 72.8 Å². The number of nitrogens with one attached hydrogen (secondary N) is 2. The van der Waals surface area contributed by atoms with Crippen molar-refractivity contribution in [1.82, 2.24) is 20.4 Å². The molecule has 1 aliphatic rings. The highest BCUT2D eigenvalue weighted by atomic mass is 16.1. The number of piperidine rings is 1. The molecule has 5 heteroatoms. The van der Waals surface area contributed by atoms with Crippen LogP contribution in [0.3, 0.4) is 0 Å². The maximum absolute atomic E-state index is 13.0. The normalized spacial score (nSPS) is 18.0. The molecule has 1 saturated heterocycles. The van der Waals surface area contributed by atoms with Crippen LogP contribution in [-0.4, -0.2) is 45.2 Å². The Morgan fingerprint density at radius 3 is 2.31 bits per heavy atom. The van der Waals surface area contributed by atoms with Gasteiger partial charge in [-0.15, -0.1) is 0 Å². The van der Waals surface area contributed by atoms with Gasteiger partial charge in [-0.1, -0.05) is 54.6 Å². The molecule has 1 fully saturated rings. The smallest absolute Gasteiger partial charge is 0.251 e. The lowest BCUT2D eigenvalue weighted by atomic mass is 9.77. The summed E-state index contributed by atoms with van der Waals surface area (Å²) in [4.78, 5) is 15.5. The van der Waals surface area contributed by atoms with E-state index in [0.29, 0.717) is 5.56 Å². The van der Waals surface area contributed by atoms with Crippen molar-refractivity contribution in [2.45, 2.75) is 57.7 Å². The van der Waals surface area contributed by atoms with Crippen molar-refractivity contribution in [3.05, 3.63) is 78.4 Å². The zero-order valence-electron chi connectivity index (χ0n) is 21.2. The van der Waals surface area contributed by atoms with Gasteiger partial charge in [0.25, 0.3) is 5.91 Å². The van der Waals surface area contributed by atoms with E-state index in [1.54, 1.807) is 0 Å². The average molecular weight is 467 g/mol. The first-order valence-electron chi connectivity index (χ1n) is 12.3. The third-order valence-electron chi connectivity index (χ3n) is 7.74. The molecule has 3 aromatic carbocycles. The highest BCUT2D eigenvalue weighted by molar-refractivity contribution is 5.96. The van der Waals surface area contributed by atoms with Gasteiger partial charge in [0.05, 0.1) is 11.4 Å². The van der Waals surface area contributed by atoms with Gasteiger partial charge in [0.2, 0.25) is 0 Å². The number of aromatic nitrogens is 2. The van der Waals surface area contributed by atoms with Gasteiger partial charge in [0.1, 0.15) is 0 Å². The van der Waals surface area contributed by atoms with E-state index >= 15 is 0 Å². The number of aromatic amines is 1. The molecule has 0 unspecified atom stereocenters.